The molecule has 1 aromatic heterocycles. The van der Waals surface area contributed by atoms with Crippen molar-refractivity contribution in [3.8, 4) is 23.6 Å². The van der Waals surface area contributed by atoms with Crippen molar-refractivity contribution in [2.75, 3.05) is 38.6 Å². The number of amides is 2. The molecular formula is C27H32FN5O4S. The molecule has 0 saturated carbocycles. The Morgan fingerprint density at radius 2 is 2.03 bits per heavy atom. The molecule has 38 heavy (non-hydrogen) atoms. The van der Waals surface area contributed by atoms with Gasteiger partial charge >= 0.3 is 0 Å². The van der Waals surface area contributed by atoms with E-state index in [0.29, 0.717) is 35.8 Å². The molecule has 9 nitrogen and oxygen atoms in total. The van der Waals surface area contributed by atoms with Gasteiger partial charge in [0.15, 0.2) is 10.9 Å². The van der Waals surface area contributed by atoms with E-state index in [2.05, 4.69) is 26.9 Å². The molecule has 2 saturated heterocycles. The van der Waals surface area contributed by atoms with E-state index in [4.69, 9.17) is 11.2 Å². The minimum absolute atomic E-state index is 0.0715. The molecule has 4 atom stereocenters. The van der Waals surface area contributed by atoms with Crippen molar-refractivity contribution in [3.05, 3.63) is 35.0 Å². The number of hydrogen-bond donors (Lipinski definition) is 3. The minimum atomic E-state index is -0.838. The number of fused-ring (bicyclic) bond motifs is 1. The van der Waals surface area contributed by atoms with Gasteiger partial charge in [0.25, 0.3) is 5.91 Å². The lowest BCUT2D eigenvalue weighted by Gasteiger charge is -2.28. The van der Waals surface area contributed by atoms with E-state index >= 15 is 0 Å². The van der Waals surface area contributed by atoms with E-state index in [1.54, 1.807) is 24.3 Å². The van der Waals surface area contributed by atoms with Crippen LogP contribution in [0.4, 0.5) is 9.52 Å². The third-order valence-electron chi connectivity index (χ3n) is 6.65. The number of hydrogen-bond acceptors (Lipinski definition) is 8. The molecule has 3 heterocycles. The molecule has 2 aliphatic rings. The van der Waals surface area contributed by atoms with Gasteiger partial charge in [-0.25, -0.2) is 4.98 Å². The summed E-state index contributed by atoms with van der Waals surface area (Å²) in [5.74, 6) is 1.39. The van der Waals surface area contributed by atoms with Crippen LogP contribution in [0.25, 0.3) is 11.3 Å². The predicted molar refractivity (Wildman–Crippen MR) is 143 cm³/mol. The first-order chi connectivity index (χ1) is 18.2. The molecule has 0 radical (unpaired) electrons. The van der Waals surface area contributed by atoms with E-state index in [-0.39, 0.29) is 42.4 Å². The van der Waals surface area contributed by atoms with E-state index < -0.39 is 29.2 Å². The summed E-state index contributed by atoms with van der Waals surface area (Å²) in [6.45, 7) is 5.37. The Morgan fingerprint density at radius 3 is 2.68 bits per heavy atom. The molecule has 0 aliphatic carbocycles. The van der Waals surface area contributed by atoms with Gasteiger partial charge in [-0.15, -0.1) is 6.42 Å². The zero-order valence-corrected chi connectivity index (χ0v) is 22.4. The molecule has 0 bridgehead atoms. The molecule has 2 amide bonds. The fourth-order valence-corrected chi connectivity index (χ4v) is 5.53. The SMILES string of the molecule is C#C[C@@H]1CN(C(=O)[C@H](CC(C)C)NC(=O)c2ccc(-c3nc(NCCNC)sc3F)cc2)[C@@H]2C(=O)CO[C@H]12. The molecule has 0 unspecified atom stereocenters. The van der Waals surface area contributed by atoms with Crippen molar-refractivity contribution in [1.29, 1.82) is 0 Å². The maximum absolute atomic E-state index is 14.5. The normalized spacial score (nSPS) is 21.3. The first-order valence-electron chi connectivity index (χ1n) is 12.6. The Hall–Kier alpha value is -3.33. The summed E-state index contributed by atoms with van der Waals surface area (Å²) in [5.41, 5.74) is 1.06. The number of rotatable bonds is 10. The zero-order valence-electron chi connectivity index (χ0n) is 21.6. The van der Waals surface area contributed by atoms with Crippen molar-refractivity contribution in [1.82, 2.24) is 20.5 Å². The third-order valence-corrected chi connectivity index (χ3v) is 7.45. The topological polar surface area (TPSA) is 113 Å². The largest absolute Gasteiger partial charge is 0.366 e. The van der Waals surface area contributed by atoms with Crippen LogP contribution < -0.4 is 16.0 Å². The monoisotopic (exact) mass is 541 g/mol. The van der Waals surface area contributed by atoms with Crippen molar-refractivity contribution in [2.45, 2.75) is 38.5 Å². The Kier molecular flexibility index (Phi) is 8.76. The number of likely N-dealkylation sites (N-methyl/N-ethyl adjacent to an activating group) is 1. The molecule has 11 heteroatoms. The number of terminal acetylenes is 1. The zero-order chi connectivity index (χ0) is 27.4. The number of Topliss-reactive ketones (excluding diaryl/α,β-unsaturated/α-hetero) is 1. The van der Waals surface area contributed by atoms with Crippen LogP contribution in [-0.4, -0.2) is 79.0 Å². The first-order valence-corrected chi connectivity index (χ1v) is 13.4. The molecule has 1 aromatic carbocycles. The highest BCUT2D eigenvalue weighted by atomic mass is 32.1. The van der Waals surface area contributed by atoms with Crippen LogP contribution in [0, 0.1) is 29.3 Å². The van der Waals surface area contributed by atoms with E-state index in [1.165, 1.54) is 4.90 Å². The summed E-state index contributed by atoms with van der Waals surface area (Å²) < 4.78 is 20.1. The standard InChI is InChI=1S/C27H32FN5O4S/c1-5-16-13-33(22-20(34)14-37-23(16)22)26(36)19(12-15(2)3)31-25(35)18-8-6-17(7-9-18)21-24(28)38-27(32-21)30-11-10-29-4/h1,6-9,15-16,19,22-23,29H,10-14H2,2-4H3,(H,30,32)(H,31,35)/t16-,19+,22-,23-/m1/s1. The Balaban J connectivity index is 1.47. The van der Waals surface area contributed by atoms with Crippen LogP contribution in [0.3, 0.4) is 0 Å². The summed E-state index contributed by atoms with van der Waals surface area (Å²) in [6, 6.07) is 4.84. The average molecular weight is 542 g/mol. The van der Waals surface area contributed by atoms with E-state index in [0.717, 1.165) is 11.3 Å². The highest BCUT2D eigenvalue weighted by molar-refractivity contribution is 7.14. The lowest BCUT2D eigenvalue weighted by atomic mass is 10.0. The highest BCUT2D eigenvalue weighted by Gasteiger charge is 2.52. The van der Waals surface area contributed by atoms with E-state index in [1.807, 2.05) is 20.9 Å². The van der Waals surface area contributed by atoms with Crippen LogP contribution in [-0.2, 0) is 14.3 Å². The van der Waals surface area contributed by atoms with Crippen LogP contribution in [0.2, 0.25) is 0 Å². The van der Waals surface area contributed by atoms with E-state index in [9.17, 15) is 18.8 Å². The van der Waals surface area contributed by atoms with Gasteiger partial charge in [0.2, 0.25) is 11.0 Å². The van der Waals surface area contributed by atoms with Gasteiger partial charge < -0.3 is 25.6 Å². The summed E-state index contributed by atoms with van der Waals surface area (Å²) in [6.07, 6.45) is 5.50. The van der Waals surface area contributed by atoms with Gasteiger partial charge in [-0.05, 0) is 31.5 Å². The summed E-state index contributed by atoms with van der Waals surface area (Å²) >= 11 is 0.925. The molecule has 2 fully saturated rings. The van der Waals surface area contributed by atoms with Gasteiger partial charge in [-0.3, -0.25) is 14.4 Å². The van der Waals surface area contributed by atoms with Gasteiger partial charge in [-0.1, -0.05) is 43.2 Å². The Morgan fingerprint density at radius 1 is 1.29 bits per heavy atom. The van der Waals surface area contributed by atoms with Crippen molar-refractivity contribution < 1.29 is 23.5 Å². The molecule has 2 aromatic rings. The molecule has 2 aliphatic heterocycles. The second-order valence-corrected chi connectivity index (χ2v) is 10.8. The number of halogens is 1. The number of aromatic nitrogens is 1. The number of carbonyl (C=O) groups excluding carboxylic acids is 3. The second kappa shape index (κ2) is 12.0. The number of likely N-dealkylation sites (tertiary alicyclic amines) is 1. The van der Waals surface area contributed by atoms with Gasteiger partial charge in [0.05, 0.1) is 5.92 Å². The van der Waals surface area contributed by atoms with Crippen molar-refractivity contribution in [2.24, 2.45) is 11.8 Å². The quantitative estimate of drug-likeness (QED) is 0.312. The van der Waals surface area contributed by atoms with Crippen molar-refractivity contribution in [3.63, 3.8) is 0 Å². The lowest BCUT2D eigenvalue weighted by Crippen LogP contribution is -2.52. The molecule has 3 N–H and O–H groups in total. The van der Waals surface area contributed by atoms with Crippen LogP contribution in [0.1, 0.15) is 30.6 Å². The predicted octanol–water partition coefficient (Wildman–Crippen LogP) is 2.15. The highest BCUT2D eigenvalue weighted by Crippen LogP contribution is 2.33. The number of nitrogens with one attached hydrogen (secondary N) is 3. The van der Waals surface area contributed by atoms with Gasteiger partial charge in [0.1, 0.15) is 30.5 Å². The summed E-state index contributed by atoms with van der Waals surface area (Å²) in [7, 11) is 1.83. The maximum atomic E-state index is 14.5. The maximum Gasteiger partial charge on any atom is 0.251 e. The molecule has 0 spiro atoms. The average Bonchev–Trinajstić information content (AvgIpc) is 3.57. The number of thiazole rings is 1. The minimum Gasteiger partial charge on any atom is -0.366 e. The van der Waals surface area contributed by atoms with Gasteiger partial charge in [0, 0.05) is 30.8 Å². The smallest absolute Gasteiger partial charge is 0.251 e. The molecule has 4 rings (SSSR count). The van der Waals surface area contributed by atoms with Crippen LogP contribution >= 0.6 is 11.3 Å². The number of anilines is 1. The fraction of sp³-hybridized carbons (Fsp3) is 0.481. The number of benzene rings is 1. The first kappa shape index (κ1) is 27.7. The second-order valence-electron chi connectivity index (χ2n) is 9.86. The number of ether oxygens (including phenoxy) is 1. The Bertz CT molecular complexity index is 1230. The Labute approximate surface area is 225 Å². The number of ketones is 1. The van der Waals surface area contributed by atoms with Gasteiger partial charge in [-0.2, -0.15) is 4.39 Å². The van der Waals surface area contributed by atoms with Crippen LogP contribution in [0.5, 0.6) is 0 Å². The number of nitrogens with zero attached hydrogens (tertiary/aromatic N) is 2. The lowest BCUT2D eigenvalue weighted by molar-refractivity contribution is -0.138. The van der Waals surface area contributed by atoms with Crippen molar-refractivity contribution >= 4 is 34.1 Å². The summed E-state index contributed by atoms with van der Waals surface area (Å²) in [5, 5.41) is 8.96. The molecular weight excluding hydrogens is 509 g/mol. The number of carbonyl (C=O) groups is 3. The fourth-order valence-electron chi connectivity index (χ4n) is 4.79. The summed E-state index contributed by atoms with van der Waals surface area (Å²) in [4.78, 5) is 44.9. The third kappa shape index (κ3) is 5.88. The van der Waals surface area contributed by atoms with Crippen LogP contribution in [0.15, 0.2) is 24.3 Å². The molecule has 202 valence electrons.